The van der Waals surface area contributed by atoms with Gasteiger partial charge < -0.3 is 14.7 Å². The van der Waals surface area contributed by atoms with Gasteiger partial charge in [-0.15, -0.1) is 0 Å². The molecule has 114 valence electrons. The van der Waals surface area contributed by atoms with E-state index in [2.05, 4.69) is 0 Å². The maximum Gasteiger partial charge on any atom is 0.328 e. The van der Waals surface area contributed by atoms with Crippen LogP contribution in [-0.4, -0.2) is 48.2 Å². The average Bonchev–Trinajstić information content (AvgIpc) is 2.45. The second kappa shape index (κ2) is 8.21. The maximum absolute atomic E-state index is 12.4. The molecule has 0 saturated carbocycles. The highest BCUT2D eigenvalue weighted by molar-refractivity contribution is 5.94. The van der Waals surface area contributed by atoms with E-state index in [1.54, 1.807) is 36.3 Å². The number of carbonyl (C=O) groups is 2. The third-order valence-corrected chi connectivity index (χ3v) is 3.00. The number of nitrogens with zero attached hydrogens (tertiary/aromatic N) is 1. The zero-order valence-electron chi connectivity index (χ0n) is 12.6. The van der Waals surface area contributed by atoms with Crippen LogP contribution >= 0.6 is 0 Å². The predicted molar refractivity (Wildman–Crippen MR) is 81.2 cm³/mol. The van der Waals surface area contributed by atoms with Crippen molar-refractivity contribution in [2.45, 2.75) is 19.9 Å². The minimum absolute atomic E-state index is 0.0594. The molecule has 0 unspecified atom stereocenters. The van der Waals surface area contributed by atoms with E-state index in [0.29, 0.717) is 18.7 Å². The maximum atomic E-state index is 12.4. The molecule has 1 aromatic rings. The summed E-state index contributed by atoms with van der Waals surface area (Å²) in [6, 6.07) is 6.93. The number of carboxylic acids is 1. The Balaban J connectivity index is 2.83. The molecular weight excluding hydrogens is 270 g/mol. The van der Waals surface area contributed by atoms with Crippen LogP contribution in [0.25, 0.3) is 6.08 Å². The summed E-state index contributed by atoms with van der Waals surface area (Å²) >= 11 is 0. The molecule has 1 aromatic carbocycles. The SMILES string of the molecule is COCCN(C(=O)c1ccc(/C=C/C(=O)O)cc1)C(C)C. The van der Waals surface area contributed by atoms with E-state index >= 15 is 0 Å². The first-order chi connectivity index (χ1) is 9.95. The van der Waals surface area contributed by atoms with Crippen LogP contribution in [0.2, 0.25) is 0 Å². The number of aliphatic carboxylic acids is 1. The van der Waals surface area contributed by atoms with E-state index in [-0.39, 0.29) is 11.9 Å². The normalized spacial score (nSPS) is 11.0. The lowest BCUT2D eigenvalue weighted by atomic mass is 10.1. The predicted octanol–water partition coefficient (Wildman–Crippen LogP) is 2.28. The summed E-state index contributed by atoms with van der Waals surface area (Å²) in [4.78, 5) is 24.6. The highest BCUT2D eigenvalue weighted by Crippen LogP contribution is 2.11. The van der Waals surface area contributed by atoms with E-state index in [4.69, 9.17) is 9.84 Å². The Hall–Kier alpha value is -2.14. The van der Waals surface area contributed by atoms with Gasteiger partial charge in [0.25, 0.3) is 5.91 Å². The highest BCUT2D eigenvalue weighted by Gasteiger charge is 2.18. The fourth-order valence-corrected chi connectivity index (χ4v) is 1.85. The van der Waals surface area contributed by atoms with Gasteiger partial charge in [0.15, 0.2) is 0 Å². The molecule has 0 atom stereocenters. The molecule has 0 spiro atoms. The van der Waals surface area contributed by atoms with Crippen LogP contribution in [0.1, 0.15) is 29.8 Å². The van der Waals surface area contributed by atoms with Crippen LogP contribution in [0.3, 0.4) is 0 Å². The van der Waals surface area contributed by atoms with Gasteiger partial charge in [0, 0.05) is 31.3 Å². The van der Waals surface area contributed by atoms with E-state index in [0.717, 1.165) is 11.6 Å². The molecule has 21 heavy (non-hydrogen) atoms. The molecule has 1 N–H and O–H groups in total. The van der Waals surface area contributed by atoms with Gasteiger partial charge in [0.2, 0.25) is 0 Å². The number of amides is 1. The van der Waals surface area contributed by atoms with E-state index in [1.807, 2.05) is 13.8 Å². The number of carbonyl (C=O) groups excluding carboxylic acids is 1. The average molecular weight is 291 g/mol. The lowest BCUT2D eigenvalue weighted by molar-refractivity contribution is -0.131. The largest absolute Gasteiger partial charge is 0.478 e. The minimum atomic E-state index is -0.999. The summed E-state index contributed by atoms with van der Waals surface area (Å²) < 4.78 is 5.02. The molecule has 0 fully saturated rings. The zero-order chi connectivity index (χ0) is 15.8. The Morgan fingerprint density at radius 1 is 1.29 bits per heavy atom. The molecule has 1 rings (SSSR count). The molecule has 0 aliphatic heterocycles. The van der Waals surface area contributed by atoms with Crippen molar-refractivity contribution in [3.63, 3.8) is 0 Å². The fourth-order valence-electron chi connectivity index (χ4n) is 1.85. The Labute approximate surface area is 124 Å². The standard InChI is InChI=1S/C16H21NO4/c1-12(2)17(10-11-21-3)16(20)14-7-4-13(5-8-14)6-9-15(18)19/h4-9,12H,10-11H2,1-3H3,(H,18,19)/b9-6+. The number of carboxylic acid groups (broad SMARTS) is 1. The molecule has 0 aliphatic carbocycles. The van der Waals surface area contributed by atoms with Crippen molar-refractivity contribution in [1.29, 1.82) is 0 Å². The van der Waals surface area contributed by atoms with Crippen LogP contribution < -0.4 is 0 Å². The Morgan fingerprint density at radius 3 is 2.38 bits per heavy atom. The summed E-state index contributed by atoms with van der Waals surface area (Å²) in [7, 11) is 1.60. The highest BCUT2D eigenvalue weighted by atomic mass is 16.5. The van der Waals surface area contributed by atoms with Crippen molar-refractivity contribution in [2.24, 2.45) is 0 Å². The number of ether oxygens (including phenoxy) is 1. The number of benzene rings is 1. The molecule has 0 saturated heterocycles. The minimum Gasteiger partial charge on any atom is -0.478 e. The summed E-state index contributed by atoms with van der Waals surface area (Å²) in [6.45, 7) is 4.94. The van der Waals surface area contributed by atoms with Gasteiger partial charge in [-0.05, 0) is 37.6 Å². The first kappa shape index (κ1) is 16.9. The monoisotopic (exact) mass is 291 g/mol. The molecule has 1 amide bonds. The first-order valence-electron chi connectivity index (χ1n) is 6.76. The number of methoxy groups -OCH3 is 1. The Morgan fingerprint density at radius 2 is 1.90 bits per heavy atom. The van der Waals surface area contributed by atoms with Crippen LogP contribution in [0.5, 0.6) is 0 Å². The second-order valence-corrected chi connectivity index (χ2v) is 4.88. The second-order valence-electron chi connectivity index (χ2n) is 4.88. The molecule has 0 bridgehead atoms. The van der Waals surface area contributed by atoms with Gasteiger partial charge in [-0.2, -0.15) is 0 Å². The van der Waals surface area contributed by atoms with Gasteiger partial charge >= 0.3 is 5.97 Å². The van der Waals surface area contributed by atoms with Crippen molar-refractivity contribution in [3.05, 3.63) is 41.5 Å². The lowest BCUT2D eigenvalue weighted by Gasteiger charge is -2.26. The number of hydrogen-bond acceptors (Lipinski definition) is 3. The molecule has 5 heteroatoms. The third kappa shape index (κ3) is 5.39. The van der Waals surface area contributed by atoms with E-state index in [1.165, 1.54) is 6.08 Å². The van der Waals surface area contributed by atoms with Crippen molar-refractivity contribution < 1.29 is 19.4 Å². The Bertz CT molecular complexity index is 506. The molecule has 0 aromatic heterocycles. The molecule has 5 nitrogen and oxygen atoms in total. The van der Waals surface area contributed by atoms with E-state index < -0.39 is 5.97 Å². The van der Waals surface area contributed by atoms with Gasteiger partial charge in [0.05, 0.1) is 6.61 Å². The zero-order valence-corrected chi connectivity index (χ0v) is 12.6. The topological polar surface area (TPSA) is 66.8 Å². The summed E-state index contributed by atoms with van der Waals surface area (Å²) in [5.74, 6) is -1.06. The summed E-state index contributed by atoms with van der Waals surface area (Å²) in [5, 5.41) is 8.57. The summed E-state index contributed by atoms with van der Waals surface area (Å²) in [5.41, 5.74) is 1.31. The molecule has 0 heterocycles. The molecule has 0 radical (unpaired) electrons. The smallest absolute Gasteiger partial charge is 0.328 e. The number of rotatable bonds is 7. The molecular formula is C16H21NO4. The van der Waals surface area contributed by atoms with Crippen molar-refractivity contribution in [3.8, 4) is 0 Å². The quantitative estimate of drug-likeness (QED) is 0.783. The van der Waals surface area contributed by atoms with E-state index in [9.17, 15) is 9.59 Å². The van der Waals surface area contributed by atoms with Gasteiger partial charge in [0.1, 0.15) is 0 Å². The fraction of sp³-hybridized carbons (Fsp3) is 0.375. The summed E-state index contributed by atoms with van der Waals surface area (Å²) in [6.07, 6.45) is 2.55. The van der Waals surface area contributed by atoms with Gasteiger partial charge in [-0.3, -0.25) is 4.79 Å². The first-order valence-corrected chi connectivity index (χ1v) is 6.76. The van der Waals surface area contributed by atoms with Crippen molar-refractivity contribution in [1.82, 2.24) is 4.90 Å². The van der Waals surface area contributed by atoms with Crippen molar-refractivity contribution in [2.75, 3.05) is 20.3 Å². The third-order valence-electron chi connectivity index (χ3n) is 3.00. The van der Waals surface area contributed by atoms with Crippen LogP contribution in [0, 0.1) is 0 Å². The van der Waals surface area contributed by atoms with Crippen LogP contribution in [-0.2, 0) is 9.53 Å². The molecule has 0 aliphatic rings. The van der Waals surface area contributed by atoms with Gasteiger partial charge in [-0.1, -0.05) is 12.1 Å². The van der Waals surface area contributed by atoms with Gasteiger partial charge in [-0.25, -0.2) is 4.79 Å². The number of hydrogen-bond donors (Lipinski definition) is 1. The van der Waals surface area contributed by atoms with Crippen LogP contribution in [0.4, 0.5) is 0 Å². The van der Waals surface area contributed by atoms with Crippen molar-refractivity contribution >= 4 is 18.0 Å². The Kier molecular flexibility index (Phi) is 6.62. The van der Waals surface area contributed by atoms with Crippen LogP contribution in [0.15, 0.2) is 30.3 Å². The lowest BCUT2D eigenvalue weighted by Crippen LogP contribution is -2.39.